The van der Waals surface area contributed by atoms with Crippen molar-refractivity contribution >= 4 is 13.3 Å². The number of aliphatic hydroxyl groups is 2. The number of rotatable bonds is 9. The zero-order valence-corrected chi connectivity index (χ0v) is 10.9. The number of ketones is 1. The summed E-state index contributed by atoms with van der Waals surface area (Å²) in [5.41, 5.74) is 1.61. The van der Waals surface area contributed by atoms with Gasteiger partial charge in [-0.05, 0) is 6.42 Å². The summed E-state index contributed by atoms with van der Waals surface area (Å²) in [6, 6.07) is -1.30. The van der Waals surface area contributed by atoms with Gasteiger partial charge in [0.05, 0.1) is 12.1 Å². The van der Waals surface area contributed by atoms with Crippen LogP contribution < -0.4 is 5.48 Å². The molecular weight excluding hydrogens is 267 g/mol. The first-order chi connectivity index (χ1) is 8.29. The molecular formula is C8H17N2O7P. The molecule has 0 saturated carbocycles. The van der Waals surface area contributed by atoms with Crippen molar-refractivity contribution in [2.75, 3.05) is 13.3 Å². The second-order valence-electron chi connectivity index (χ2n) is 3.70. The molecule has 0 aromatic heterocycles. The summed E-state index contributed by atoms with van der Waals surface area (Å²) in [4.78, 5) is 23.7. The predicted molar refractivity (Wildman–Crippen MR) is 61.3 cm³/mol. The van der Waals surface area contributed by atoms with E-state index in [1.807, 2.05) is 0 Å². The van der Waals surface area contributed by atoms with Crippen LogP contribution in [0.4, 0.5) is 0 Å². The molecule has 0 amide bonds. The van der Waals surface area contributed by atoms with E-state index < -0.39 is 38.2 Å². The van der Waals surface area contributed by atoms with E-state index in [1.54, 1.807) is 12.4 Å². The van der Waals surface area contributed by atoms with Crippen molar-refractivity contribution in [1.29, 1.82) is 0 Å². The van der Waals surface area contributed by atoms with Crippen molar-refractivity contribution in [3.05, 3.63) is 4.91 Å². The van der Waals surface area contributed by atoms with Crippen LogP contribution >= 0.6 is 7.52 Å². The van der Waals surface area contributed by atoms with Gasteiger partial charge in [0.25, 0.3) is 0 Å². The van der Waals surface area contributed by atoms with Gasteiger partial charge in [0.1, 0.15) is 12.7 Å². The van der Waals surface area contributed by atoms with Gasteiger partial charge in [-0.25, -0.2) is 0 Å². The van der Waals surface area contributed by atoms with Crippen LogP contribution in [-0.4, -0.2) is 52.7 Å². The highest BCUT2D eigenvalue weighted by atomic mass is 31.2. The van der Waals surface area contributed by atoms with Crippen molar-refractivity contribution < 1.29 is 29.3 Å². The van der Waals surface area contributed by atoms with E-state index in [2.05, 4.69) is 9.47 Å². The zero-order chi connectivity index (χ0) is 14.3. The van der Waals surface area contributed by atoms with E-state index in [4.69, 9.17) is 5.21 Å². The number of nitrogens with zero attached hydrogens (tertiary/aromatic N) is 1. The summed E-state index contributed by atoms with van der Waals surface area (Å²) < 4.78 is 15.5. The lowest BCUT2D eigenvalue weighted by Gasteiger charge is -2.24. The third-order valence-electron chi connectivity index (χ3n) is 2.25. The highest BCUT2D eigenvalue weighted by molar-refractivity contribution is 7.56. The second kappa shape index (κ2) is 7.67. The molecule has 18 heavy (non-hydrogen) atoms. The Balaban J connectivity index is 4.49. The fraction of sp³-hybridized carbons (Fsp3) is 0.875. The molecule has 0 bridgehead atoms. The van der Waals surface area contributed by atoms with E-state index in [1.165, 1.54) is 0 Å². The quantitative estimate of drug-likeness (QED) is 0.255. The van der Waals surface area contributed by atoms with Crippen LogP contribution in [0.5, 0.6) is 0 Å². The van der Waals surface area contributed by atoms with Crippen LogP contribution in [0, 0.1) is 4.91 Å². The van der Waals surface area contributed by atoms with Gasteiger partial charge in [0.15, 0.2) is 5.78 Å². The van der Waals surface area contributed by atoms with Crippen molar-refractivity contribution in [1.82, 2.24) is 5.48 Å². The van der Waals surface area contributed by atoms with Crippen LogP contribution in [0.15, 0.2) is 4.95 Å². The summed E-state index contributed by atoms with van der Waals surface area (Å²) in [5.74, 6) is -0.945. The van der Waals surface area contributed by atoms with E-state index in [0.29, 0.717) is 0 Å². The van der Waals surface area contributed by atoms with Crippen LogP contribution in [-0.2, 0) is 13.9 Å². The molecule has 106 valence electrons. The van der Waals surface area contributed by atoms with Crippen molar-refractivity contribution in [2.45, 2.75) is 31.6 Å². The Morgan fingerprint density at radius 1 is 1.50 bits per heavy atom. The van der Waals surface area contributed by atoms with E-state index >= 15 is 0 Å². The van der Waals surface area contributed by atoms with Gasteiger partial charge in [-0.2, -0.15) is 5.48 Å². The molecule has 0 radical (unpaired) electrons. The standard InChI is InChI=1S/C8H17N2O7P/c1-3-5(11)7(9-14)8(13)6(12)4-17-18(2,16)10-15/h5,7-9,11,13-14H,3-4H2,1-2H3. The van der Waals surface area contributed by atoms with Crippen LogP contribution in [0.25, 0.3) is 0 Å². The minimum atomic E-state index is -3.74. The molecule has 4 N–H and O–H groups in total. The number of aliphatic hydroxyl groups excluding tert-OH is 2. The Morgan fingerprint density at radius 2 is 2.06 bits per heavy atom. The fourth-order valence-corrected chi connectivity index (χ4v) is 1.53. The smallest absolute Gasteiger partial charge is 0.350 e. The normalized spacial score (nSPS) is 19.6. The topological polar surface area (TPSA) is 146 Å². The van der Waals surface area contributed by atoms with E-state index in [0.717, 1.165) is 6.66 Å². The number of carbonyl (C=O) groups is 1. The van der Waals surface area contributed by atoms with Crippen LogP contribution in [0.1, 0.15) is 13.3 Å². The molecule has 0 aliphatic rings. The lowest BCUT2D eigenvalue weighted by Crippen LogP contribution is -2.51. The third kappa shape index (κ3) is 5.30. The summed E-state index contributed by atoms with van der Waals surface area (Å²) >= 11 is 0. The Kier molecular flexibility index (Phi) is 7.37. The van der Waals surface area contributed by atoms with Crippen LogP contribution in [0.3, 0.4) is 0 Å². The molecule has 0 spiro atoms. The summed E-state index contributed by atoms with van der Waals surface area (Å²) in [6.45, 7) is 1.69. The summed E-state index contributed by atoms with van der Waals surface area (Å²) in [6.07, 6.45) is -2.74. The molecule has 0 saturated heterocycles. The first-order valence-electron chi connectivity index (χ1n) is 5.14. The molecule has 0 rings (SSSR count). The third-order valence-corrected chi connectivity index (χ3v) is 3.15. The fourth-order valence-electron chi connectivity index (χ4n) is 1.11. The molecule has 10 heteroatoms. The first kappa shape index (κ1) is 17.3. The van der Waals surface area contributed by atoms with Gasteiger partial charge >= 0.3 is 7.52 Å². The number of nitroso groups, excluding NO2 is 1. The predicted octanol–water partition coefficient (Wildman–Crippen LogP) is -0.359. The van der Waals surface area contributed by atoms with Crippen molar-refractivity contribution in [3.8, 4) is 0 Å². The number of hydrogen-bond donors (Lipinski definition) is 4. The molecule has 4 atom stereocenters. The average molecular weight is 284 g/mol. The molecule has 4 unspecified atom stereocenters. The first-order valence-corrected chi connectivity index (χ1v) is 7.17. The van der Waals surface area contributed by atoms with Gasteiger partial charge in [0, 0.05) is 11.6 Å². The Bertz CT molecular complexity index is 337. The number of Topliss-reactive ketones (excluding diaryl/α,β-unsaturated/α-hetero) is 1. The molecule has 0 aromatic carbocycles. The highest BCUT2D eigenvalue weighted by Crippen LogP contribution is 2.43. The Hall–Kier alpha value is -0.700. The minimum Gasteiger partial charge on any atom is -0.391 e. The van der Waals surface area contributed by atoms with Crippen molar-refractivity contribution in [3.63, 3.8) is 0 Å². The molecule has 0 fully saturated rings. The van der Waals surface area contributed by atoms with Gasteiger partial charge < -0.3 is 19.9 Å². The highest BCUT2D eigenvalue weighted by Gasteiger charge is 2.32. The van der Waals surface area contributed by atoms with Gasteiger partial charge in [-0.15, -0.1) is 4.91 Å². The lowest BCUT2D eigenvalue weighted by molar-refractivity contribution is -0.135. The summed E-state index contributed by atoms with van der Waals surface area (Å²) in [5, 5.41) is 27.7. The van der Waals surface area contributed by atoms with E-state index in [-0.39, 0.29) is 6.42 Å². The monoisotopic (exact) mass is 284 g/mol. The van der Waals surface area contributed by atoms with Gasteiger partial charge in [-0.3, -0.25) is 9.36 Å². The van der Waals surface area contributed by atoms with Gasteiger partial charge in [-0.1, -0.05) is 6.92 Å². The molecule has 0 aliphatic heterocycles. The summed E-state index contributed by atoms with van der Waals surface area (Å²) in [7, 11) is -3.74. The molecule has 9 nitrogen and oxygen atoms in total. The van der Waals surface area contributed by atoms with E-state index in [9.17, 15) is 24.5 Å². The number of hydroxylamine groups is 1. The Labute approximate surface area is 104 Å². The second-order valence-corrected chi connectivity index (χ2v) is 5.73. The average Bonchev–Trinajstić information content (AvgIpc) is 2.36. The molecule has 0 aliphatic carbocycles. The number of nitrogens with one attached hydrogen (secondary N) is 1. The Morgan fingerprint density at radius 3 is 2.44 bits per heavy atom. The van der Waals surface area contributed by atoms with Crippen LogP contribution in [0.2, 0.25) is 0 Å². The zero-order valence-electron chi connectivity index (χ0n) is 10.0. The maximum absolute atomic E-state index is 11.4. The number of hydrogen-bond acceptors (Lipinski definition) is 8. The largest absolute Gasteiger partial charge is 0.391 e. The minimum absolute atomic E-state index is 0.186. The maximum Gasteiger partial charge on any atom is 0.350 e. The molecule has 0 aromatic rings. The SMILES string of the molecule is CCC(O)C(NO)C(O)C(=O)COP(C)(=O)N=O. The lowest BCUT2D eigenvalue weighted by atomic mass is 10.0. The van der Waals surface area contributed by atoms with Crippen molar-refractivity contribution in [2.24, 2.45) is 4.95 Å². The molecule has 0 heterocycles. The maximum atomic E-state index is 11.4. The van der Waals surface area contributed by atoms with Gasteiger partial charge in [0.2, 0.25) is 0 Å². The number of carbonyl (C=O) groups excluding carboxylic acids is 1.